The molecular weight excluding hydrogens is 308 g/mol. The van der Waals surface area contributed by atoms with Crippen molar-refractivity contribution in [2.75, 3.05) is 6.26 Å². The van der Waals surface area contributed by atoms with E-state index < -0.39 is 27.4 Å². The zero-order valence-corrected chi connectivity index (χ0v) is 14.5. The van der Waals surface area contributed by atoms with Crippen molar-refractivity contribution in [3.8, 4) is 11.5 Å². The molecule has 2 rings (SSSR count). The van der Waals surface area contributed by atoms with Crippen LogP contribution in [0.4, 0.5) is 0 Å². The highest BCUT2D eigenvalue weighted by Crippen LogP contribution is 2.45. The van der Waals surface area contributed by atoms with Crippen molar-refractivity contribution < 1.29 is 27.1 Å². The lowest BCUT2D eigenvalue weighted by Crippen LogP contribution is -2.37. The van der Waals surface area contributed by atoms with Gasteiger partial charge in [0, 0.05) is 5.56 Å². The van der Waals surface area contributed by atoms with E-state index in [9.17, 15) is 8.42 Å². The summed E-state index contributed by atoms with van der Waals surface area (Å²) in [6.07, 6.45) is 0.375. The average molecular weight is 330 g/mol. The highest BCUT2D eigenvalue weighted by molar-refractivity contribution is 7.86. The fourth-order valence-corrected chi connectivity index (χ4v) is 2.51. The first-order chi connectivity index (χ1) is 9.88. The quantitative estimate of drug-likeness (QED) is 0.480. The van der Waals surface area contributed by atoms with E-state index in [4.69, 9.17) is 18.7 Å². The molecule has 1 aromatic carbocycles. The summed E-state index contributed by atoms with van der Waals surface area (Å²) < 4.78 is 33.1. The van der Waals surface area contributed by atoms with Gasteiger partial charge in [-0.15, -0.1) is 0 Å². The van der Waals surface area contributed by atoms with Crippen molar-refractivity contribution in [3.63, 3.8) is 0 Å². The monoisotopic (exact) mass is 330 g/mol. The molecule has 7 heteroatoms. The van der Waals surface area contributed by atoms with Crippen LogP contribution in [0.1, 0.15) is 40.2 Å². The normalized spacial score (nSPS) is 20.4. The van der Waals surface area contributed by atoms with Crippen LogP contribution < -0.4 is 8.92 Å². The molecule has 0 aliphatic carbocycles. The molecule has 1 aromatic rings. The Morgan fingerprint density at radius 1 is 1.23 bits per heavy atom. The van der Waals surface area contributed by atoms with Crippen molar-refractivity contribution in [1.29, 1.82) is 0 Å². The van der Waals surface area contributed by atoms with Crippen molar-refractivity contribution in [2.45, 2.75) is 51.9 Å². The van der Waals surface area contributed by atoms with Gasteiger partial charge in [-0.05, 0) is 52.8 Å². The third-order valence-corrected chi connectivity index (χ3v) is 3.60. The predicted molar refractivity (Wildman–Crippen MR) is 81.3 cm³/mol. The summed E-state index contributed by atoms with van der Waals surface area (Å²) >= 11 is 0. The van der Waals surface area contributed by atoms with Crippen LogP contribution in [0.2, 0.25) is 0 Å². The molecule has 1 aliphatic heterocycles. The molecule has 0 bridgehead atoms. The first kappa shape index (κ1) is 17.1. The lowest BCUT2D eigenvalue weighted by molar-refractivity contribution is -0.409. The van der Waals surface area contributed by atoms with E-state index in [1.807, 2.05) is 34.6 Å². The minimum atomic E-state index is -3.57. The van der Waals surface area contributed by atoms with Gasteiger partial charge in [0.1, 0.15) is 11.5 Å². The van der Waals surface area contributed by atoms with Gasteiger partial charge in [-0.1, -0.05) is 0 Å². The maximum Gasteiger partial charge on any atom is 0.306 e. The zero-order valence-electron chi connectivity index (χ0n) is 13.7. The van der Waals surface area contributed by atoms with E-state index in [0.717, 1.165) is 11.8 Å². The van der Waals surface area contributed by atoms with Crippen molar-refractivity contribution >= 4 is 10.1 Å². The number of fused-ring (bicyclic) bond motifs is 1. The largest absolute Gasteiger partial charge is 0.461 e. The van der Waals surface area contributed by atoms with Crippen LogP contribution in [-0.4, -0.2) is 26.6 Å². The summed E-state index contributed by atoms with van der Waals surface area (Å²) in [7, 11) is -3.57. The number of hydrogen-bond acceptors (Lipinski definition) is 6. The summed E-state index contributed by atoms with van der Waals surface area (Å²) in [4.78, 5) is 10.8. The fourth-order valence-electron chi connectivity index (χ4n) is 2.06. The third-order valence-electron chi connectivity index (χ3n) is 3.10. The maximum atomic E-state index is 11.2. The van der Waals surface area contributed by atoms with Crippen LogP contribution >= 0.6 is 0 Å². The molecule has 124 valence electrons. The van der Waals surface area contributed by atoms with E-state index in [1.165, 1.54) is 0 Å². The van der Waals surface area contributed by atoms with Crippen LogP contribution in [0.15, 0.2) is 18.2 Å². The summed E-state index contributed by atoms with van der Waals surface area (Å²) in [5.74, 6) is 0.865. The fraction of sp³-hybridized carbons (Fsp3) is 0.600. The number of benzene rings is 1. The number of ether oxygens (including phenoxy) is 1. The first-order valence-electron chi connectivity index (χ1n) is 6.94. The summed E-state index contributed by atoms with van der Waals surface area (Å²) in [5.41, 5.74) is -0.174. The second kappa shape index (κ2) is 5.40. The van der Waals surface area contributed by atoms with Crippen LogP contribution in [-0.2, 0) is 25.3 Å². The SMILES string of the molecule is CC(C)(C)OOC1Oc2ccc(OS(C)(=O)=O)cc2C1(C)C. The van der Waals surface area contributed by atoms with E-state index in [2.05, 4.69) is 0 Å². The predicted octanol–water partition coefficient (Wildman–Crippen LogP) is 2.77. The molecule has 0 fully saturated rings. The lowest BCUT2D eigenvalue weighted by Gasteiger charge is -2.27. The summed E-state index contributed by atoms with van der Waals surface area (Å²) in [5, 5.41) is 0. The van der Waals surface area contributed by atoms with Crippen molar-refractivity contribution in [1.82, 2.24) is 0 Å². The Hall–Kier alpha value is -1.31. The maximum absolute atomic E-state index is 11.2. The van der Waals surface area contributed by atoms with Crippen LogP contribution in [0, 0.1) is 0 Å². The topological polar surface area (TPSA) is 71.1 Å². The molecule has 0 saturated heterocycles. The van der Waals surface area contributed by atoms with Gasteiger partial charge in [0.2, 0.25) is 6.29 Å². The lowest BCUT2D eigenvalue weighted by atomic mass is 9.85. The van der Waals surface area contributed by atoms with Gasteiger partial charge >= 0.3 is 10.1 Å². The molecule has 6 nitrogen and oxygen atoms in total. The first-order valence-corrected chi connectivity index (χ1v) is 8.75. The number of hydrogen-bond donors (Lipinski definition) is 0. The Morgan fingerprint density at radius 2 is 1.86 bits per heavy atom. The van der Waals surface area contributed by atoms with Crippen molar-refractivity contribution in [2.24, 2.45) is 0 Å². The standard InChI is InChI=1S/C15H22O6S/c1-14(2,3)21-19-13-15(4,5)11-9-10(20-22(6,16)17)7-8-12(11)18-13/h7-9,13H,1-6H3. The van der Waals surface area contributed by atoms with Crippen LogP contribution in [0.3, 0.4) is 0 Å². The van der Waals surface area contributed by atoms with E-state index in [0.29, 0.717) is 5.75 Å². The minimum absolute atomic E-state index is 0.246. The molecule has 0 saturated carbocycles. The Kier molecular flexibility index (Phi) is 4.18. The Morgan fingerprint density at radius 3 is 2.41 bits per heavy atom. The third kappa shape index (κ3) is 3.91. The van der Waals surface area contributed by atoms with E-state index in [-0.39, 0.29) is 5.75 Å². The molecule has 1 atom stereocenters. The van der Waals surface area contributed by atoms with Gasteiger partial charge in [0.25, 0.3) is 0 Å². The molecular formula is C15H22O6S. The minimum Gasteiger partial charge on any atom is -0.461 e. The van der Waals surface area contributed by atoms with Gasteiger partial charge in [-0.3, -0.25) is 0 Å². The molecule has 0 amide bonds. The average Bonchev–Trinajstić information content (AvgIpc) is 2.56. The molecule has 22 heavy (non-hydrogen) atoms. The number of rotatable bonds is 4. The molecule has 0 N–H and O–H groups in total. The zero-order chi connectivity index (χ0) is 16.8. The molecule has 1 unspecified atom stereocenters. The summed E-state index contributed by atoms with van der Waals surface area (Å²) in [6.45, 7) is 9.49. The Bertz CT molecular complexity index is 657. The Labute approximate surface area is 131 Å². The van der Waals surface area contributed by atoms with E-state index in [1.54, 1.807) is 18.2 Å². The highest BCUT2D eigenvalue weighted by atomic mass is 32.2. The molecule has 0 radical (unpaired) electrons. The second-order valence-corrected chi connectivity index (χ2v) is 8.48. The summed E-state index contributed by atoms with van der Waals surface area (Å²) in [6, 6.07) is 4.86. The van der Waals surface area contributed by atoms with E-state index >= 15 is 0 Å². The molecule has 0 spiro atoms. The van der Waals surface area contributed by atoms with Gasteiger partial charge in [-0.25, -0.2) is 4.89 Å². The molecule has 1 aliphatic rings. The Balaban J connectivity index is 2.23. The molecule has 1 heterocycles. The van der Waals surface area contributed by atoms with Crippen LogP contribution in [0.5, 0.6) is 11.5 Å². The van der Waals surface area contributed by atoms with Gasteiger partial charge in [0.05, 0.1) is 17.3 Å². The van der Waals surface area contributed by atoms with Gasteiger partial charge < -0.3 is 8.92 Å². The highest BCUT2D eigenvalue weighted by Gasteiger charge is 2.44. The van der Waals surface area contributed by atoms with Crippen LogP contribution in [0.25, 0.3) is 0 Å². The smallest absolute Gasteiger partial charge is 0.306 e. The van der Waals surface area contributed by atoms with Crippen molar-refractivity contribution in [3.05, 3.63) is 23.8 Å². The second-order valence-electron chi connectivity index (χ2n) is 6.91. The van der Waals surface area contributed by atoms with Gasteiger partial charge in [0.15, 0.2) is 0 Å². The van der Waals surface area contributed by atoms with Gasteiger partial charge in [-0.2, -0.15) is 13.3 Å². The molecule has 0 aromatic heterocycles.